The molecule has 1 aliphatic rings. The molecule has 2 rings (SSSR count). The number of nitrogens with zero attached hydrogens (tertiary/aromatic N) is 2. The number of nitrogens with one attached hydrogen (secondary N) is 1. The lowest BCUT2D eigenvalue weighted by atomic mass is 9.87. The Morgan fingerprint density at radius 2 is 2.12 bits per heavy atom. The van der Waals surface area contributed by atoms with Crippen molar-refractivity contribution in [3.05, 3.63) is 17.5 Å². The highest BCUT2D eigenvalue weighted by atomic mass is 16.3. The van der Waals surface area contributed by atoms with Crippen molar-refractivity contribution in [3.63, 3.8) is 0 Å². The van der Waals surface area contributed by atoms with Crippen LogP contribution >= 0.6 is 0 Å². The second-order valence-corrected chi connectivity index (χ2v) is 5.18. The molecule has 0 spiro atoms. The number of rotatable bonds is 4. The van der Waals surface area contributed by atoms with E-state index in [0.717, 1.165) is 44.7 Å². The molecule has 0 saturated heterocycles. The van der Waals surface area contributed by atoms with E-state index in [0.29, 0.717) is 0 Å². The summed E-state index contributed by atoms with van der Waals surface area (Å²) in [5, 5.41) is 17.2. The summed E-state index contributed by atoms with van der Waals surface area (Å²) in [6.07, 6.45) is 6.14. The molecule has 1 fully saturated rings. The highest BCUT2D eigenvalue weighted by molar-refractivity contribution is 5.15. The van der Waals surface area contributed by atoms with E-state index in [1.807, 2.05) is 17.9 Å². The lowest BCUT2D eigenvalue weighted by Crippen LogP contribution is -2.27. The Bertz CT molecular complexity index is 354. The minimum absolute atomic E-state index is 0.0492. The lowest BCUT2D eigenvalue weighted by molar-refractivity contribution is 0.108. The van der Waals surface area contributed by atoms with Crippen molar-refractivity contribution in [2.75, 3.05) is 6.54 Å². The summed E-state index contributed by atoms with van der Waals surface area (Å²) in [5.41, 5.74) is 2.51. The molecule has 0 aliphatic heterocycles. The maximum absolute atomic E-state index is 9.44. The van der Waals surface area contributed by atoms with Gasteiger partial charge in [-0.2, -0.15) is 5.10 Å². The highest BCUT2D eigenvalue weighted by Gasteiger charge is 2.18. The van der Waals surface area contributed by atoms with Crippen LogP contribution in [-0.2, 0) is 13.6 Å². The molecule has 1 heterocycles. The summed E-state index contributed by atoms with van der Waals surface area (Å²) in [6, 6.07) is 0. The highest BCUT2D eigenvalue weighted by Crippen LogP contribution is 2.23. The molecule has 0 unspecified atom stereocenters. The quantitative estimate of drug-likeness (QED) is 0.831. The van der Waals surface area contributed by atoms with Gasteiger partial charge in [0.05, 0.1) is 12.3 Å². The summed E-state index contributed by atoms with van der Waals surface area (Å²) < 4.78 is 1.91. The zero-order valence-electron chi connectivity index (χ0n) is 10.8. The van der Waals surface area contributed by atoms with E-state index in [-0.39, 0.29) is 6.10 Å². The van der Waals surface area contributed by atoms with Crippen molar-refractivity contribution in [2.45, 2.75) is 45.3 Å². The molecule has 1 saturated carbocycles. The molecule has 0 bridgehead atoms. The number of aromatic nitrogens is 2. The number of hydrogen-bond acceptors (Lipinski definition) is 3. The van der Waals surface area contributed by atoms with Gasteiger partial charge in [0, 0.05) is 24.8 Å². The van der Waals surface area contributed by atoms with Gasteiger partial charge in [0.15, 0.2) is 0 Å². The SMILES string of the molecule is Cc1c(CNCC2CCC(O)CC2)cnn1C. The molecule has 1 aromatic rings. The first-order valence-electron chi connectivity index (χ1n) is 6.53. The maximum Gasteiger partial charge on any atom is 0.0540 e. The fourth-order valence-corrected chi connectivity index (χ4v) is 2.48. The summed E-state index contributed by atoms with van der Waals surface area (Å²) in [4.78, 5) is 0. The normalized spacial score (nSPS) is 25.1. The zero-order chi connectivity index (χ0) is 12.3. The molecule has 0 radical (unpaired) electrons. The van der Waals surface area contributed by atoms with Crippen LogP contribution in [0, 0.1) is 12.8 Å². The minimum Gasteiger partial charge on any atom is -0.393 e. The topological polar surface area (TPSA) is 50.1 Å². The van der Waals surface area contributed by atoms with Crippen molar-refractivity contribution in [3.8, 4) is 0 Å². The monoisotopic (exact) mass is 237 g/mol. The molecule has 1 aliphatic carbocycles. The molecule has 2 N–H and O–H groups in total. The molecule has 0 amide bonds. The van der Waals surface area contributed by atoms with E-state index < -0.39 is 0 Å². The van der Waals surface area contributed by atoms with E-state index in [4.69, 9.17) is 0 Å². The molecular formula is C13H23N3O. The van der Waals surface area contributed by atoms with E-state index in [1.54, 1.807) is 0 Å². The van der Waals surface area contributed by atoms with Gasteiger partial charge in [-0.25, -0.2) is 0 Å². The third-order valence-electron chi connectivity index (χ3n) is 3.90. The molecule has 17 heavy (non-hydrogen) atoms. The van der Waals surface area contributed by atoms with Gasteiger partial charge in [-0.15, -0.1) is 0 Å². The Balaban J connectivity index is 1.71. The van der Waals surface area contributed by atoms with Crippen LogP contribution in [0.15, 0.2) is 6.20 Å². The summed E-state index contributed by atoms with van der Waals surface area (Å²) >= 11 is 0. The average molecular weight is 237 g/mol. The molecular weight excluding hydrogens is 214 g/mol. The largest absolute Gasteiger partial charge is 0.393 e. The molecule has 4 heteroatoms. The van der Waals surface area contributed by atoms with Gasteiger partial charge in [-0.05, 0) is 45.1 Å². The van der Waals surface area contributed by atoms with Gasteiger partial charge in [-0.1, -0.05) is 0 Å². The number of aliphatic hydroxyl groups is 1. The van der Waals surface area contributed by atoms with Crippen LogP contribution in [0.5, 0.6) is 0 Å². The van der Waals surface area contributed by atoms with Gasteiger partial charge in [0.25, 0.3) is 0 Å². The van der Waals surface area contributed by atoms with Gasteiger partial charge in [0.1, 0.15) is 0 Å². The first kappa shape index (κ1) is 12.6. The van der Waals surface area contributed by atoms with Crippen LogP contribution in [0.25, 0.3) is 0 Å². The molecule has 0 aromatic carbocycles. The summed E-state index contributed by atoms with van der Waals surface area (Å²) in [5.74, 6) is 0.732. The first-order valence-corrected chi connectivity index (χ1v) is 6.53. The van der Waals surface area contributed by atoms with E-state index in [9.17, 15) is 5.11 Å². The second kappa shape index (κ2) is 5.65. The Morgan fingerprint density at radius 1 is 1.41 bits per heavy atom. The number of aliphatic hydroxyl groups excluding tert-OH is 1. The van der Waals surface area contributed by atoms with Crippen LogP contribution in [0.3, 0.4) is 0 Å². The standard InChI is InChI=1S/C13H23N3O/c1-10-12(9-15-16(10)2)8-14-7-11-3-5-13(17)6-4-11/h9,11,13-14,17H,3-8H2,1-2H3. The Hall–Kier alpha value is -0.870. The van der Waals surface area contributed by atoms with Crippen molar-refractivity contribution >= 4 is 0 Å². The molecule has 1 aromatic heterocycles. The van der Waals surface area contributed by atoms with Gasteiger partial charge >= 0.3 is 0 Å². The van der Waals surface area contributed by atoms with Crippen molar-refractivity contribution in [1.29, 1.82) is 0 Å². The number of aryl methyl sites for hydroxylation is 1. The van der Waals surface area contributed by atoms with Crippen LogP contribution in [0.4, 0.5) is 0 Å². The smallest absolute Gasteiger partial charge is 0.0540 e. The second-order valence-electron chi connectivity index (χ2n) is 5.18. The zero-order valence-corrected chi connectivity index (χ0v) is 10.8. The molecule has 4 nitrogen and oxygen atoms in total. The maximum atomic E-state index is 9.44. The predicted octanol–water partition coefficient (Wildman–Crippen LogP) is 1.37. The van der Waals surface area contributed by atoms with Crippen LogP contribution in [0.1, 0.15) is 36.9 Å². The first-order chi connectivity index (χ1) is 8.16. The van der Waals surface area contributed by atoms with Crippen LogP contribution in [0.2, 0.25) is 0 Å². The van der Waals surface area contributed by atoms with E-state index in [2.05, 4.69) is 17.3 Å². The third kappa shape index (κ3) is 3.30. The molecule has 0 atom stereocenters. The fourth-order valence-electron chi connectivity index (χ4n) is 2.48. The van der Waals surface area contributed by atoms with Crippen LogP contribution < -0.4 is 5.32 Å². The summed E-state index contributed by atoms with van der Waals surface area (Å²) in [6.45, 7) is 4.06. The van der Waals surface area contributed by atoms with Crippen molar-refractivity contribution in [2.24, 2.45) is 13.0 Å². The average Bonchev–Trinajstić information content (AvgIpc) is 2.64. The van der Waals surface area contributed by atoms with Gasteiger partial charge in [0.2, 0.25) is 0 Å². The predicted molar refractivity (Wildman–Crippen MR) is 67.6 cm³/mol. The Morgan fingerprint density at radius 3 is 2.71 bits per heavy atom. The van der Waals surface area contributed by atoms with Crippen molar-refractivity contribution in [1.82, 2.24) is 15.1 Å². The molecule has 96 valence electrons. The Kier molecular flexibility index (Phi) is 4.18. The van der Waals surface area contributed by atoms with E-state index >= 15 is 0 Å². The minimum atomic E-state index is -0.0492. The van der Waals surface area contributed by atoms with Gasteiger partial charge < -0.3 is 10.4 Å². The van der Waals surface area contributed by atoms with Crippen LogP contribution in [-0.4, -0.2) is 27.5 Å². The lowest BCUT2D eigenvalue weighted by Gasteiger charge is -2.25. The summed E-state index contributed by atoms with van der Waals surface area (Å²) in [7, 11) is 1.97. The fraction of sp³-hybridized carbons (Fsp3) is 0.769. The Labute approximate surface area is 103 Å². The van der Waals surface area contributed by atoms with E-state index in [1.165, 1.54) is 11.3 Å². The third-order valence-corrected chi connectivity index (χ3v) is 3.90. The number of hydrogen-bond donors (Lipinski definition) is 2. The van der Waals surface area contributed by atoms with Gasteiger partial charge in [-0.3, -0.25) is 4.68 Å². The van der Waals surface area contributed by atoms with Crippen molar-refractivity contribution < 1.29 is 5.11 Å².